The van der Waals surface area contributed by atoms with Gasteiger partial charge in [0.05, 0.1) is 0 Å². The molecule has 0 fully saturated rings. The largest absolute Gasteiger partial charge is 0.463 e. The third-order valence-corrected chi connectivity index (χ3v) is 10.4. The van der Waals surface area contributed by atoms with Crippen LogP contribution in [0.15, 0.2) is 0 Å². The van der Waals surface area contributed by atoms with E-state index in [1.54, 1.807) is 0 Å². The minimum Gasteiger partial charge on any atom is -0.463 e. The van der Waals surface area contributed by atoms with Crippen LogP contribution in [0.5, 0.6) is 0 Å². The molecule has 0 amide bonds. The molecular weight excluding hydrogens is 633 g/mol. The van der Waals surface area contributed by atoms with E-state index in [0.717, 1.165) is 37.5 Å². The first kappa shape index (κ1) is 49.9. The molecule has 0 aliphatic heterocycles. The summed E-state index contributed by atoms with van der Waals surface area (Å²) in [7, 11) is 0. The third-order valence-electron chi connectivity index (χ3n) is 10.4. The highest BCUT2D eigenvalue weighted by Crippen LogP contribution is 2.17. The monoisotopic (exact) mass is 723 g/mol. The van der Waals surface area contributed by atoms with Crippen molar-refractivity contribution >= 4 is 11.9 Å². The number of unbranched alkanes of at least 4 members (excludes halogenated alkanes) is 29. The fourth-order valence-corrected chi connectivity index (χ4v) is 6.99. The number of ether oxygens (including phenoxy) is 2. The molecule has 0 aromatic heterocycles. The lowest BCUT2D eigenvalue weighted by atomic mass is 10.0. The van der Waals surface area contributed by atoms with E-state index in [0.29, 0.717) is 12.8 Å². The maximum Gasteiger partial charge on any atom is 0.305 e. The highest BCUT2D eigenvalue weighted by Gasteiger charge is 2.12. The predicted molar refractivity (Wildman–Crippen MR) is 219 cm³/mol. The SMILES string of the molecule is CC(C)CCCCCCCCCCCCCCCCCCCCC(=O)OC[C@H](O)COC(=O)CCCCCCCCCCCCCCCC(C)C. The topological polar surface area (TPSA) is 72.8 Å². The van der Waals surface area contributed by atoms with Gasteiger partial charge < -0.3 is 14.6 Å². The number of carbonyl (C=O) groups is 2. The Hall–Kier alpha value is -1.10. The number of esters is 2. The van der Waals surface area contributed by atoms with E-state index in [4.69, 9.17) is 9.47 Å². The first-order chi connectivity index (χ1) is 24.8. The molecular formula is C46H90O5. The van der Waals surface area contributed by atoms with Crippen LogP contribution in [0.2, 0.25) is 0 Å². The standard InChI is InChI=1S/C46H90O5/c1-42(2)36-32-28-24-20-16-12-9-7-5-6-8-10-14-18-22-26-30-34-38-45(48)50-40-44(47)41-51-46(49)39-35-31-27-23-19-15-11-13-17-21-25-29-33-37-43(3)4/h42-44,47H,5-41H2,1-4H3/t44-/m0/s1. The average Bonchev–Trinajstić information content (AvgIpc) is 3.10. The van der Waals surface area contributed by atoms with Gasteiger partial charge in [0.2, 0.25) is 0 Å². The van der Waals surface area contributed by atoms with E-state index in [1.807, 2.05) is 0 Å². The van der Waals surface area contributed by atoms with Gasteiger partial charge in [-0.25, -0.2) is 0 Å². The first-order valence-corrected chi connectivity index (χ1v) is 22.8. The van der Waals surface area contributed by atoms with Crippen LogP contribution in [0.3, 0.4) is 0 Å². The summed E-state index contributed by atoms with van der Waals surface area (Å²) in [6.07, 6.45) is 43.1. The van der Waals surface area contributed by atoms with Crippen LogP contribution >= 0.6 is 0 Å². The summed E-state index contributed by atoms with van der Waals surface area (Å²) < 4.78 is 10.4. The number of aliphatic hydroxyl groups is 1. The van der Waals surface area contributed by atoms with Gasteiger partial charge in [-0.3, -0.25) is 9.59 Å². The Labute approximate surface area is 319 Å². The summed E-state index contributed by atoms with van der Waals surface area (Å²) >= 11 is 0. The van der Waals surface area contributed by atoms with Crippen molar-refractivity contribution < 1.29 is 24.2 Å². The van der Waals surface area contributed by atoms with Crippen LogP contribution < -0.4 is 0 Å². The highest BCUT2D eigenvalue weighted by molar-refractivity contribution is 5.69. The van der Waals surface area contributed by atoms with Gasteiger partial charge in [0, 0.05) is 12.8 Å². The van der Waals surface area contributed by atoms with E-state index in [1.165, 1.54) is 186 Å². The molecule has 0 bridgehead atoms. The van der Waals surface area contributed by atoms with Crippen molar-refractivity contribution in [3.8, 4) is 0 Å². The molecule has 0 rings (SSSR count). The van der Waals surface area contributed by atoms with Gasteiger partial charge in [-0.05, 0) is 24.7 Å². The zero-order valence-electron chi connectivity index (χ0n) is 35.0. The number of carbonyl (C=O) groups excluding carboxylic acids is 2. The van der Waals surface area contributed by atoms with Crippen molar-refractivity contribution in [3.63, 3.8) is 0 Å². The molecule has 0 aliphatic rings. The highest BCUT2D eigenvalue weighted by atomic mass is 16.6. The molecule has 0 aromatic carbocycles. The lowest BCUT2D eigenvalue weighted by Gasteiger charge is -2.12. The number of hydrogen-bond donors (Lipinski definition) is 1. The summed E-state index contributed by atoms with van der Waals surface area (Å²) in [6.45, 7) is 9.06. The summed E-state index contributed by atoms with van der Waals surface area (Å²) in [6, 6.07) is 0. The quantitative estimate of drug-likeness (QED) is 0.0502. The van der Waals surface area contributed by atoms with E-state index in [9.17, 15) is 14.7 Å². The van der Waals surface area contributed by atoms with Crippen molar-refractivity contribution in [2.24, 2.45) is 11.8 Å². The van der Waals surface area contributed by atoms with Crippen LogP contribution in [-0.2, 0) is 19.1 Å². The van der Waals surface area contributed by atoms with Gasteiger partial charge >= 0.3 is 11.9 Å². The molecule has 0 saturated heterocycles. The molecule has 0 saturated carbocycles. The number of rotatable bonds is 41. The van der Waals surface area contributed by atoms with Crippen molar-refractivity contribution in [1.29, 1.82) is 0 Å². The van der Waals surface area contributed by atoms with Crippen molar-refractivity contribution in [2.45, 2.75) is 259 Å². The Bertz CT molecular complexity index is 720. The third kappa shape index (κ3) is 43.2. The van der Waals surface area contributed by atoms with Crippen LogP contribution in [0.1, 0.15) is 252 Å². The number of aliphatic hydroxyl groups excluding tert-OH is 1. The first-order valence-electron chi connectivity index (χ1n) is 22.8. The minimum absolute atomic E-state index is 0.108. The normalized spacial score (nSPS) is 12.2. The lowest BCUT2D eigenvalue weighted by Crippen LogP contribution is -2.25. The second-order valence-electron chi connectivity index (χ2n) is 16.8. The maximum absolute atomic E-state index is 12.0. The molecule has 0 aliphatic carbocycles. The van der Waals surface area contributed by atoms with Crippen LogP contribution in [0.25, 0.3) is 0 Å². The molecule has 0 heterocycles. The van der Waals surface area contributed by atoms with Gasteiger partial charge in [0.25, 0.3) is 0 Å². The summed E-state index contributed by atoms with van der Waals surface area (Å²) in [5.74, 6) is 1.16. The molecule has 0 aromatic rings. The van der Waals surface area contributed by atoms with Gasteiger partial charge in [0.15, 0.2) is 0 Å². The van der Waals surface area contributed by atoms with E-state index >= 15 is 0 Å². The Morgan fingerprint density at radius 3 is 0.765 bits per heavy atom. The molecule has 5 nitrogen and oxygen atoms in total. The van der Waals surface area contributed by atoms with Crippen LogP contribution in [-0.4, -0.2) is 36.4 Å². The van der Waals surface area contributed by atoms with Gasteiger partial charge in [-0.1, -0.05) is 227 Å². The fourth-order valence-electron chi connectivity index (χ4n) is 6.99. The van der Waals surface area contributed by atoms with E-state index in [2.05, 4.69) is 27.7 Å². The molecule has 304 valence electrons. The molecule has 0 radical (unpaired) electrons. The van der Waals surface area contributed by atoms with Crippen LogP contribution in [0, 0.1) is 11.8 Å². The molecule has 1 atom stereocenters. The van der Waals surface area contributed by atoms with E-state index in [-0.39, 0.29) is 25.2 Å². The minimum atomic E-state index is -0.957. The smallest absolute Gasteiger partial charge is 0.305 e. The van der Waals surface area contributed by atoms with E-state index < -0.39 is 6.10 Å². The zero-order valence-corrected chi connectivity index (χ0v) is 35.0. The second-order valence-corrected chi connectivity index (χ2v) is 16.8. The Morgan fingerprint density at radius 1 is 0.353 bits per heavy atom. The number of hydrogen-bond acceptors (Lipinski definition) is 5. The molecule has 51 heavy (non-hydrogen) atoms. The van der Waals surface area contributed by atoms with Crippen molar-refractivity contribution in [2.75, 3.05) is 13.2 Å². The average molecular weight is 723 g/mol. The second kappa shape index (κ2) is 40.1. The summed E-state index contributed by atoms with van der Waals surface area (Å²) in [5.41, 5.74) is 0. The maximum atomic E-state index is 12.0. The zero-order chi connectivity index (χ0) is 37.5. The van der Waals surface area contributed by atoms with Gasteiger partial charge in [-0.2, -0.15) is 0 Å². The summed E-state index contributed by atoms with van der Waals surface area (Å²) in [4.78, 5) is 24.0. The van der Waals surface area contributed by atoms with Gasteiger partial charge in [-0.15, -0.1) is 0 Å². The predicted octanol–water partition coefficient (Wildman–Crippen LogP) is 14.4. The Balaban J connectivity index is 3.35. The molecule has 5 heteroatoms. The molecule has 0 spiro atoms. The van der Waals surface area contributed by atoms with Gasteiger partial charge in [0.1, 0.15) is 19.3 Å². The molecule has 1 N–H and O–H groups in total. The Kier molecular flexibility index (Phi) is 39.2. The lowest BCUT2D eigenvalue weighted by molar-refractivity contribution is -0.152. The van der Waals surface area contributed by atoms with Crippen molar-refractivity contribution in [3.05, 3.63) is 0 Å². The Morgan fingerprint density at radius 2 is 0.549 bits per heavy atom. The van der Waals surface area contributed by atoms with Crippen LogP contribution in [0.4, 0.5) is 0 Å². The summed E-state index contributed by atoms with van der Waals surface area (Å²) in [5, 5.41) is 10.1. The molecule has 0 unspecified atom stereocenters. The van der Waals surface area contributed by atoms with Crippen molar-refractivity contribution in [1.82, 2.24) is 0 Å². The fraction of sp³-hybridized carbons (Fsp3) is 0.957.